The molecular weight excluding hydrogens is 373 g/mol. The zero-order chi connectivity index (χ0) is 21.2. The Kier molecular flexibility index (Phi) is 6.74. The van der Waals surface area contributed by atoms with Crippen LogP contribution >= 0.6 is 0 Å². The summed E-state index contributed by atoms with van der Waals surface area (Å²) in [5.74, 6) is 2.33. The summed E-state index contributed by atoms with van der Waals surface area (Å²) in [5, 5.41) is 10.7. The van der Waals surface area contributed by atoms with E-state index in [2.05, 4.69) is 53.0 Å². The minimum atomic E-state index is -2.08. The van der Waals surface area contributed by atoms with Gasteiger partial charge in [-0.05, 0) is 28.8 Å². The molecule has 0 radical (unpaired) electrons. The maximum atomic E-state index is 14.8. The lowest BCUT2D eigenvalue weighted by Gasteiger charge is -2.38. The molecule has 2 aromatic rings. The first-order valence-corrected chi connectivity index (χ1v) is 11.9. The average Bonchev–Trinajstić information content (AvgIpc) is 2.59. The fourth-order valence-electron chi connectivity index (χ4n) is 4.42. The molecule has 4 nitrogen and oxygen atoms in total. The Morgan fingerprint density at radius 3 is 2.21 bits per heavy atom. The van der Waals surface area contributed by atoms with Crippen molar-refractivity contribution in [2.24, 2.45) is 0 Å². The highest BCUT2D eigenvalue weighted by Crippen LogP contribution is 2.41. The summed E-state index contributed by atoms with van der Waals surface area (Å²) < 4.78 is 21.2. The van der Waals surface area contributed by atoms with Gasteiger partial charge in [0.2, 0.25) is 0 Å². The van der Waals surface area contributed by atoms with E-state index in [1.807, 2.05) is 0 Å². The van der Waals surface area contributed by atoms with E-state index in [1.165, 1.54) is 23.8 Å². The quantitative estimate of drug-likeness (QED) is 0.563. The molecule has 0 unspecified atom stereocenters. The van der Waals surface area contributed by atoms with Gasteiger partial charge in [-0.25, -0.2) is 4.39 Å². The summed E-state index contributed by atoms with van der Waals surface area (Å²) in [6, 6.07) is 3.86. The van der Waals surface area contributed by atoms with Gasteiger partial charge >= 0.3 is 0 Å². The number of ether oxygens (including phenoxy) is 1. The SMILES string of the molecule is COCn1c(=O)cc(O)c2c(C#C[Si](C(C)C)(C(C)C)C(C)C)c(F)ccc21. The lowest BCUT2D eigenvalue weighted by Crippen LogP contribution is -2.43. The van der Waals surface area contributed by atoms with Gasteiger partial charge in [-0.15, -0.1) is 5.54 Å². The van der Waals surface area contributed by atoms with E-state index in [-0.39, 0.29) is 23.4 Å². The predicted molar refractivity (Wildman–Crippen MR) is 115 cm³/mol. The number of halogens is 1. The Hall–Kier alpha value is -2.10. The van der Waals surface area contributed by atoms with E-state index in [0.717, 1.165) is 6.07 Å². The molecular formula is C22H30FNO3Si. The zero-order valence-electron chi connectivity index (χ0n) is 17.8. The van der Waals surface area contributed by atoms with Crippen molar-refractivity contribution in [2.75, 3.05) is 7.11 Å². The summed E-state index contributed by atoms with van der Waals surface area (Å²) in [6.07, 6.45) is 0. The van der Waals surface area contributed by atoms with Crippen LogP contribution in [0, 0.1) is 17.3 Å². The van der Waals surface area contributed by atoms with E-state index in [9.17, 15) is 14.3 Å². The first-order chi connectivity index (χ1) is 13.1. The van der Waals surface area contributed by atoms with E-state index < -0.39 is 19.5 Å². The largest absolute Gasteiger partial charge is 0.507 e. The second-order valence-corrected chi connectivity index (χ2v) is 13.8. The number of aromatic hydroxyl groups is 1. The molecule has 0 spiro atoms. The van der Waals surface area contributed by atoms with Crippen LogP contribution in [-0.2, 0) is 11.5 Å². The highest BCUT2D eigenvalue weighted by atomic mass is 28.3. The number of pyridine rings is 1. The van der Waals surface area contributed by atoms with Crippen molar-refractivity contribution >= 4 is 19.0 Å². The van der Waals surface area contributed by atoms with Crippen LogP contribution in [0.5, 0.6) is 5.75 Å². The molecule has 28 heavy (non-hydrogen) atoms. The Morgan fingerprint density at radius 2 is 1.71 bits per heavy atom. The van der Waals surface area contributed by atoms with E-state index in [4.69, 9.17) is 4.74 Å². The van der Waals surface area contributed by atoms with Crippen molar-refractivity contribution in [3.63, 3.8) is 0 Å². The summed E-state index contributed by atoms with van der Waals surface area (Å²) >= 11 is 0. The van der Waals surface area contributed by atoms with Crippen molar-refractivity contribution in [1.29, 1.82) is 0 Å². The molecule has 0 atom stereocenters. The first kappa shape index (κ1) is 22.2. The van der Waals surface area contributed by atoms with Crippen LogP contribution in [0.2, 0.25) is 16.6 Å². The van der Waals surface area contributed by atoms with Crippen molar-refractivity contribution in [3.05, 3.63) is 39.9 Å². The molecule has 0 aliphatic heterocycles. The van der Waals surface area contributed by atoms with Crippen molar-refractivity contribution < 1.29 is 14.2 Å². The van der Waals surface area contributed by atoms with Gasteiger partial charge in [0.1, 0.15) is 26.4 Å². The third kappa shape index (κ3) is 3.74. The van der Waals surface area contributed by atoms with Gasteiger partial charge in [-0.3, -0.25) is 9.36 Å². The van der Waals surface area contributed by atoms with Gasteiger partial charge in [-0.2, -0.15) is 0 Å². The molecule has 0 saturated carbocycles. The number of aromatic nitrogens is 1. The van der Waals surface area contributed by atoms with Gasteiger partial charge in [0.15, 0.2) is 0 Å². The van der Waals surface area contributed by atoms with E-state index >= 15 is 0 Å². The molecule has 0 saturated heterocycles. The molecule has 152 valence electrons. The Bertz CT molecular complexity index is 961. The number of rotatable bonds is 5. The second kappa shape index (κ2) is 8.50. The zero-order valence-corrected chi connectivity index (χ0v) is 18.8. The predicted octanol–water partition coefficient (Wildman–Crippen LogP) is 5.02. The minimum Gasteiger partial charge on any atom is -0.507 e. The Balaban J connectivity index is 2.86. The maximum absolute atomic E-state index is 14.8. The molecule has 1 N–H and O–H groups in total. The van der Waals surface area contributed by atoms with Crippen molar-refractivity contribution in [3.8, 4) is 17.2 Å². The molecule has 2 rings (SSSR count). The minimum absolute atomic E-state index is 0.0107. The fourth-order valence-corrected chi connectivity index (χ4v) is 9.63. The molecule has 1 aromatic heterocycles. The number of hydrogen-bond acceptors (Lipinski definition) is 3. The molecule has 0 amide bonds. The summed E-state index contributed by atoms with van der Waals surface area (Å²) in [7, 11) is -0.605. The van der Waals surface area contributed by atoms with Crippen LogP contribution in [-0.4, -0.2) is 24.9 Å². The molecule has 0 aliphatic carbocycles. The third-order valence-electron chi connectivity index (χ3n) is 5.73. The van der Waals surface area contributed by atoms with Gasteiger partial charge in [0.25, 0.3) is 5.56 Å². The molecule has 0 fully saturated rings. The van der Waals surface area contributed by atoms with Crippen molar-refractivity contribution in [2.45, 2.75) is 64.9 Å². The molecule has 0 aliphatic rings. The van der Waals surface area contributed by atoms with Gasteiger partial charge in [0, 0.05) is 13.2 Å². The van der Waals surface area contributed by atoms with Crippen LogP contribution in [0.25, 0.3) is 10.9 Å². The number of fused-ring (bicyclic) bond motifs is 1. The van der Waals surface area contributed by atoms with Crippen molar-refractivity contribution in [1.82, 2.24) is 4.57 Å². The number of nitrogens with zero attached hydrogens (tertiary/aromatic N) is 1. The van der Waals surface area contributed by atoms with Gasteiger partial charge in [0.05, 0.1) is 16.5 Å². The van der Waals surface area contributed by atoms with Crippen LogP contribution in [0.1, 0.15) is 47.1 Å². The highest BCUT2D eigenvalue weighted by molar-refractivity contribution is 6.90. The summed E-state index contributed by atoms with van der Waals surface area (Å²) in [6.45, 7) is 13.1. The standard InChI is InChI=1S/C22H30FNO3Si/c1-14(2)28(15(3)4,16(5)6)11-10-17-18(23)8-9-19-22(17)20(25)12-21(26)24(19)13-27-7/h8-9,12,14-16,25H,13H2,1-7H3. The highest BCUT2D eigenvalue weighted by Gasteiger charge is 2.41. The normalized spacial score (nSPS) is 12.1. The smallest absolute Gasteiger partial charge is 0.256 e. The average molecular weight is 404 g/mol. The van der Waals surface area contributed by atoms with E-state index in [1.54, 1.807) is 0 Å². The molecule has 0 bridgehead atoms. The van der Waals surface area contributed by atoms with Crippen LogP contribution in [0.15, 0.2) is 23.0 Å². The number of methoxy groups -OCH3 is 1. The second-order valence-electron chi connectivity index (χ2n) is 8.18. The molecule has 6 heteroatoms. The summed E-state index contributed by atoms with van der Waals surface area (Å²) in [5.41, 5.74) is 4.83. The Labute approximate surface area is 167 Å². The van der Waals surface area contributed by atoms with Gasteiger partial charge in [-0.1, -0.05) is 47.5 Å². The lowest BCUT2D eigenvalue weighted by atomic mass is 10.1. The van der Waals surface area contributed by atoms with Crippen LogP contribution in [0.4, 0.5) is 4.39 Å². The summed E-state index contributed by atoms with van der Waals surface area (Å²) in [4.78, 5) is 12.2. The lowest BCUT2D eigenvalue weighted by molar-refractivity contribution is 0.132. The third-order valence-corrected chi connectivity index (χ3v) is 12.0. The Morgan fingerprint density at radius 1 is 1.14 bits per heavy atom. The fraction of sp³-hybridized carbons (Fsp3) is 0.500. The van der Waals surface area contributed by atoms with E-state index in [0.29, 0.717) is 22.1 Å². The monoisotopic (exact) mass is 403 g/mol. The van der Waals surface area contributed by atoms with Gasteiger partial charge < -0.3 is 9.84 Å². The van der Waals surface area contributed by atoms with Crippen LogP contribution in [0.3, 0.4) is 0 Å². The maximum Gasteiger partial charge on any atom is 0.256 e. The number of benzene rings is 1. The first-order valence-electron chi connectivity index (χ1n) is 9.65. The molecule has 1 aromatic carbocycles. The molecule has 1 heterocycles. The number of hydrogen-bond donors (Lipinski definition) is 1. The van der Waals surface area contributed by atoms with Crippen LogP contribution < -0.4 is 5.56 Å². The topological polar surface area (TPSA) is 51.5 Å².